The van der Waals surface area contributed by atoms with Gasteiger partial charge in [0.05, 0.1) is 18.2 Å². The molecule has 1 amide bonds. The van der Waals surface area contributed by atoms with Crippen molar-refractivity contribution in [3.63, 3.8) is 0 Å². The summed E-state index contributed by atoms with van der Waals surface area (Å²) in [7, 11) is 0. The van der Waals surface area contributed by atoms with Crippen LogP contribution < -0.4 is 5.32 Å². The van der Waals surface area contributed by atoms with Gasteiger partial charge in [-0.2, -0.15) is 0 Å². The predicted molar refractivity (Wildman–Crippen MR) is 88.5 cm³/mol. The van der Waals surface area contributed by atoms with Gasteiger partial charge in [-0.1, -0.05) is 18.2 Å². The highest BCUT2D eigenvalue weighted by molar-refractivity contribution is 5.79. The van der Waals surface area contributed by atoms with E-state index in [9.17, 15) is 9.18 Å². The second kappa shape index (κ2) is 6.43. The number of carbonyl (C=O) groups is 1. The van der Waals surface area contributed by atoms with Gasteiger partial charge in [-0.25, -0.2) is 9.07 Å². The van der Waals surface area contributed by atoms with Crippen LogP contribution in [-0.2, 0) is 17.6 Å². The van der Waals surface area contributed by atoms with E-state index in [0.717, 1.165) is 35.2 Å². The van der Waals surface area contributed by atoms with Gasteiger partial charge in [0.25, 0.3) is 0 Å². The van der Waals surface area contributed by atoms with E-state index in [1.165, 1.54) is 18.5 Å². The van der Waals surface area contributed by atoms with Gasteiger partial charge < -0.3 is 5.32 Å². The number of halogens is 1. The lowest BCUT2D eigenvalue weighted by Crippen LogP contribution is -2.28. The molecule has 126 valence electrons. The fraction of sp³-hybridized carbons (Fsp3) is 0.222. The van der Waals surface area contributed by atoms with Crippen LogP contribution in [0.25, 0.3) is 5.69 Å². The zero-order valence-corrected chi connectivity index (χ0v) is 13.4. The van der Waals surface area contributed by atoms with Crippen molar-refractivity contribution in [1.82, 2.24) is 25.5 Å². The molecule has 6 nitrogen and oxygen atoms in total. The molecule has 0 bridgehead atoms. The Morgan fingerprint density at radius 3 is 2.84 bits per heavy atom. The smallest absolute Gasteiger partial charge is 0.224 e. The van der Waals surface area contributed by atoms with Gasteiger partial charge >= 0.3 is 0 Å². The topological polar surface area (TPSA) is 72.7 Å². The van der Waals surface area contributed by atoms with Crippen molar-refractivity contribution in [3.8, 4) is 5.69 Å². The second-order valence-corrected chi connectivity index (χ2v) is 6.10. The Kier molecular flexibility index (Phi) is 3.97. The molecule has 3 aromatic rings. The summed E-state index contributed by atoms with van der Waals surface area (Å²) in [4.78, 5) is 12.3. The lowest BCUT2D eigenvalue weighted by atomic mass is 10.1. The van der Waals surface area contributed by atoms with E-state index in [-0.39, 0.29) is 24.2 Å². The highest BCUT2D eigenvalue weighted by atomic mass is 19.1. The van der Waals surface area contributed by atoms with Crippen LogP contribution in [0, 0.1) is 5.82 Å². The first-order valence-electron chi connectivity index (χ1n) is 8.09. The number of rotatable bonds is 4. The molecule has 1 aliphatic rings. The van der Waals surface area contributed by atoms with Crippen LogP contribution in [0.2, 0.25) is 0 Å². The fourth-order valence-electron chi connectivity index (χ4n) is 3.20. The summed E-state index contributed by atoms with van der Waals surface area (Å²) in [6.45, 7) is 0. The molecular weight excluding hydrogens is 321 g/mol. The largest absolute Gasteiger partial charge is 0.349 e. The predicted octanol–water partition coefficient (Wildman–Crippen LogP) is 2.15. The van der Waals surface area contributed by atoms with Gasteiger partial charge in [-0.3, -0.25) is 4.79 Å². The Balaban J connectivity index is 1.41. The van der Waals surface area contributed by atoms with Gasteiger partial charge in [0.1, 0.15) is 12.1 Å². The number of benzene rings is 2. The highest BCUT2D eigenvalue weighted by Gasteiger charge is 2.24. The minimum Gasteiger partial charge on any atom is -0.349 e. The third kappa shape index (κ3) is 3.26. The Morgan fingerprint density at radius 2 is 2.08 bits per heavy atom. The molecule has 1 aromatic heterocycles. The van der Waals surface area contributed by atoms with E-state index in [0.29, 0.717) is 0 Å². The number of hydrogen-bond donors (Lipinski definition) is 1. The first-order chi connectivity index (χ1) is 12.2. The summed E-state index contributed by atoms with van der Waals surface area (Å²) in [6, 6.07) is 12.1. The van der Waals surface area contributed by atoms with Crippen LogP contribution in [0.4, 0.5) is 4.39 Å². The Bertz CT molecular complexity index is 892. The molecule has 0 radical (unpaired) electrons. The molecule has 0 spiro atoms. The molecule has 0 fully saturated rings. The number of nitrogens with zero attached hydrogens (tertiary/aromatic N) is 4. The SMILES string of the molecule is O=C(Cc1ccc(-n2cnnn2)cc1)N[C@H]1CCc2ccc(F)cc21. The summed E-state index contributed by atoms with van der Waals surface area (Å²) in [5.74, 6) is -0.338. The van der Waals surface area contributed by atoms with Gasteiger partial charge in [-0.05, 0) is 64.2 Å². The van der Waals surface area contributed by atoms with E-state index in [1.807, 2.05) is 24.3 Å². The van der Waals surface area contributed by atoms with Crippen molar-refractivity contribution in [2.75, 3.05) is 0 Å². The highest BCUT2D eigenvalue weighted by Crippen LogP contribution is 2.31. The van der Waals surface area contributed by atoms with Gasteiger partial charge in [0.2, 0.25) is 5.91 Å². The van der Waals surface area contributed by atoms with E-state index < -0.39 is 0 Å². The molecule has 0 saturated carbocycles. The van der Waals surface area contributed by atoms with Crippen LogP contribution in [0.3, 0.4) is 0 Å². The van der Waals surface area contributed by atoms with E-state index in [4.69, 9.17) is 0 Å². The molecule has 25 heavy (non-hydrogen) atoms. The Hall–Kier alpha value is -3.09. The number of hydrogen-bond acceptors (Lipinski definition) is 4. The molecule has 0 unspecified atom stereocenters. The minimum atomic E-state index is -0.266. The first kappa shape index (κ1) is 15.4. The third-order valence-electron chi connectivity index (χ3n) is 4.44. The summed E-state index contributed by atoms with van der Waals surface area (Å²) in [6.07, 6.45) is 3.46. The van der Waals surface area contributed by atoms with Crippen molar-refractivity contribution >= 4 is 5.91 Å². The van der Waals surface area contributed by atoms with E-state index in [2.05, 4.69) is 20.8 Å². The Morgan fingerprint density at radius 1 is 1.24 bits per heavy atom. The molecule has 4 rings (SSSR count). The number of aromatic nitrogens is 4. The van der Waals surface area contributed by atoms with Gasteiger partial charge in [0, 0.05) is 0 Å². The summed E-state index contributed by atoms with van der Waals surface area (Å²) in [5.41, 5.74) is 3.72. The van der Waals surface area contributed by atoms with Crippen molar-refractivity contribution in [3.05, 3.63) is 71.3 Å². The lowest BCUT2D eigenvalue weighted by molar-refractivity contribution is -0.121. The number of aryl methyl sites for hydroxylation is 1. The monoisotopic (exact) mass is 337 g/mol. The number of amides is 1. The Labute approximate surface area is 143 Å². The maximum atomic E-state index is 13.4. The number of carbonyl (C=O) groups excluding carboxylic acids is 1. The zero-order valence-electron chi connectivity index (χ0n) is 13.4. The summed E-state index contributed by atoms with van der Waals surface area (Å²) < 4.78 is 15.0. The van der Waals surface area contributed by atoms with E-state index >= 15 is 0 Å². The quantitative estimate of drug-likeness (QED) is 0.792. The summed E-state index contributed by atoms with van der Waals surface area (Å²) >= 11 is 0. The molecule has 1 atom stereocenters. The van der Waals surface area contributed by atoms with E-state index in [1.54, 1.807) is 10.7 Å². The molecule has 1 aliphatic carbocycles. The molecular formula is C18H16FN5O. The summed E-state index contributed by atoms with van der Waals surface area (Å²) in [5, 5.41) is 14.0. The van der Waals surface area contributed by atoms with Gasteiger partial charge in [0.15, 0.2) is 0 Å². The maximum Gasteiger partial charge on any atom is 0.224 e. The molecule has 7 heteroatoms. The maximum absolute atomic E-state index is 13.4. The van der Waals surface area contributed by atoms with Crippen molar-refractivity contribution < 1.29 is 9.18 Å². The number of tetrazole rings is 1. The van der Waals surface area contributed by atoms with Crippen LogP contribution in [0.1, 0.15) is 29.2 Å². The fourth-order valence-corrected chi connectivity index (χ4v) is 3.20. The van der Waals surface area contributed by atoms with Crippen LogP contribution >= 0.6 is 0 Å². The van der Waals surface area contributed by atoms with Gasteiger partial charge in [-0.15, -0.1) is 5.10 Å². The average Bonchev–Trinajstić information content (AvgIpc) is 3.26. The third-order valence-corrected chi connectivity index (χ3v) is 4.44. The molecule has 2 aromatic carbocycles. The normalized spacial score (nSPS) is 15.8. The van der Waals surface area contributed by atoms with Crippen LogP contribution in [0.5, 0.6) is 0 Å². The van der Waals surface area contributed by atoms with Crippen molar-refractivity contribution in [1.29, 1.82) is 0 Å². The number of nitrogens with one attached hydrogen (secondary N) is 1. The lowest BCUT2D eigenvalue weighted by Gasteiger charge is -2.14. The molecule has 1 heterocycles. The van der Waals surface area contributed by atoms with Crippen molar-refractivity contribution in [2.45, 2.75) is 25.3 Å². The second-order valence-electron chi connectivity index (χ2n) is 6.10. The van der Waals surface area contributed by atoms with Crippen molar-refractivity contribution in [2.24, 2.45) is 0 Å². The number of fused-ring (bicyclic) bond motifs is 1. The average molecular weight is 337 g/mol. The molecule has 0 aliphatic heterocycles. The first-order valence-corrected chi connectivity index (χ1v) is 8.09. The molecule has 0 saturated heterocycles. The zero-order chi connectivity index (χ0) is 17.2. The minimum absolute atomic E-state index is 0.0720. The molecule has 1 N–H and O–H groups in total. The standard InChI is InChI=1S/C18H16FN5O/c19-14-5-3-13-4-8-17(16(13)10-14)21-18(25)9-12-1-6-15(7-2-12)24-11-20-22-23-24/h1-3,5-7,10-11,17H,4,8-9H2,(H,21,25)/t17-/m0/s1. The van der Waals surface area contributed by atoms with Crippen LogP contribution in [0.15, 0.2) is 48.8 Å². The van der Waals surface area contributed by atoms with Crippen LogP contribution in [-0.4, -0.2) is 26.1 Å².